The number of aliphatic hydroxyl groups is 1. The third-order valence-electron chi connectivity index (χ3n) is 11.8. The lowest BCUT2D eigenvalue weighted by molar-refractivity contribution is -0.166. The molecule has 374 valence electrons. The fraction of sp³-hybridized carbons (Fsp3) is 0.306. The molecule has 0 saturated carbocycles. The van der Waals surface area contributed by atoms with Crippen LogP contribution in [0, 0.1) is 0 Å². The maximum atomic E-state index is 12.6. The number of nitrogens with zero attached hydrogens (tertiary/aromatic N) is 1. The number of methoxy groups -OCH3 is 10. The van der Waals surface area contributed by atoms with E-state index in [0.29, 0.717) is 72.9 Å². The number of benzene rings is 3. The first kappa shape index (κ1) is 51.7. The molecule has 2 atom stereocenters. The van der Waals surface area contributed by atoms with Crippen LogP contribution in [0.4, 0.5) is 11.4 Å². The van der Waals surface area contributed by atoms with Gasteiger partial charge in [-0.15, -0.1) is 0 Å². The van der Waals surface area contributed by atoms with Crippen molar-refractivity contribution in [1.29, 1.82) is 0 Å². The van der Waals surface area contributed by atoms with Crippen molar-refractivity contribution in [3.05, 3.63) is 92.3 Å². The fourth-order valence-corrected chi connectivity index (χ4v) is 8.44. The van der Waals surface area contributed by atoms with Crippen LogP contribution in [0.3, 0.4) is 0 Å². The number of nitrogen functional groups attached to an aromatic ring is 1. The highest BCUT2D eigenvalue weighted by atomic mass is 16.6. The van der Waals surface area contributed by atoms with Gasteiger partial charge in [0.05, 0.1) is 88.0 Å². The summed E-state index contributed by atoms with van der Waals surface area (Å²) in [7, 11) is 13.1. The number of carbonyl (C=O) groups excluding carboxylic acids is 7. The molecule has 3 heterocycles. The second-order valence-corrected chi connectivity index (χ2v) is 15.6. The summed E-state index contributed by atoms with van der Waals surface area (Å²) in [4.78, 5) is 91.6. The van der Waals surface area contributed by atoms with Crippen LogP contribution >= 0.6 is 0 Å². The number of nitrogens with two attached hydrogens (primary N) is 1. The molecule has 8 rings (SSSR count). The SMILES string of the molecule is COC(=O)C1=Cc2cc(OC)c3c(c2C1)C(O)(C(=O)OC)CC(C(=O)OC)N3.COC(=O)C1=Cc2cc(OC)c3nc(C(=O)OC)cc(C(=O)OC)c3c2C1.COC(=O)c1cc2cc(OC)c(N)cc2[nH]1. The molecule has 3 aliphatic rings. The molecule has 2 aromatic heterocycles. The molecule has 5 N–H and O–H groups in total. The molecule has 2 aliphatic carbocycles. The van der Waals surface area contributed by atoms with Crippen molar-refractivity contribution < 1.29 is 86.0 Å². The number of anilines is 2. The first-order valence-corrected chi connectivity index (χ1v) is 21.1. The number of carbonyl (C=O) groups is 7. The third-order valence-corrected chi connectivity index (χ3v) is 11.8. The van der Waals surface area contributed by atoms with Gasteiger partial charge in [-0.3, -0.25) is 0 Å². The second-order valence-electron chi connectivity index (χ2n) is 15.6. The van der Waals surface area contributed by atoms with Gasteiger partial charge in [0, 0.05) is 52.3 Å². The van der Waals surface area contributed by atoms with Crippen LogP contribution in [0.5, 0.6) is 17.2 Å². The zero-order valence-corrected chi connectivity index (χ0v) is 40.2. The lowest BCUT2D eigenvalue weighted by Gasteiger charge is -2.38. The van der Waals surface area contributed by atoms with E-state index in [0.717, 1.165) is 18.0 Å². The number of pyridine rings is 1. The zero-order valence-electron chi connectivity index (χ0n) is 40.2. The minimum absolute atomic E-state index is 0.0530. The van der Waals surface area contributed by atoms with Gasteiger partial charge in [0.1, 0.15) is 40.2 Å². The highest BCUT2D eigenvalue weighted by Crippen LogP contribution is 2.49. The van der Waals surface area contributed by atoms with Crippen molar-refractivity contribution in [1.82, 2.24) is 9.97 Å². The van der Waals surface area contributed by atoms with Gasteiger partial charge >= 0.3 is 41.8 Å². The minimum Gasteiger partial charge on any atom is -0.495 e. The molecule has 0 spiro atoms. The number of H-pyrrole nitrogens is 1. The Morgan fingerprint density at radius 1 is 0.634 bits per heavy atom. The maximum absolute atomic E-state index is 12.6. The van der Waals surface area contributed by atoms with E-state index in [4.69, 9.17) is 48.4 Å². The predicted molar refractivity (Wildman–Crippen MR) is 252 cm³/mol. The number of hydrogen-bond donors (Lipinski definition) is 4. The second kappa shape index (κ2) is 21.3. The average molecular weight is 983 g/mol. The molecule has 1 aliphatic heterocycles. The topological polar surface area (TPSA) is 299 Å². The molecular weight excluding hydrogens is 933 g/mol. The number of ether oxygens (including phenoxy) is 10. The summed E-state index contributed by atoms with van der Waals surface area (Å²) in [6.07, 6.45) is 3.41. The Labute approximate surface area is 404 Å². The summed E-state index contributed by atoms with van der Waals surface area (Å²) in [5, 5.41) is 15.6. The van der Waals surface area contributed by atoms with E-state index in [2.05, 4.69) is 20.0 Å². The fourth-order valence-electron chi connectivity index (χ4n) is 8.44. The lowest BCUT2D eigenvalue weighted by Crippen LogP contribution is -2.49. The van der Waals surface area contributed by atoms with Crippen molar-refractivity contribution >= 4 is 87.1 Å². The molecule has 0 radical (unpaired) electrons. The Balaban J connectivity index is 0.000000181. The van der Waals surface area contributed by atoms with Crippen molar-refractivity contribution in [2.45, 2.75) is 30.9 Å². The van der Waals surface area contributed by atoms with Gasteiger partial charge in [0.2, 0.25) is 0 Å². The molecule has 3 aromatic carbocycles. The van der Waals surface area contributed by atoms with Gasteiger partial charge in [0.15, 0.2) is 5.60 Å². The zero-order chi connectivity index (χ0) is 52.1. The molecule has 71 heavy (non-hydrogen) atoms. The van der Waals surface area contributed by atoms with E-state index >= 15 is 0 Å². The monoisotopic (exact) mass is 982 g/mol. The van der Waals surface area contributed by atoms with Gasteiger partial charge in [-0.05, 0) is 70.8 Å². The summed E-state index contributed by atoms with van der Waals surface area (Å²) in [6, 6.07) is 8.87. The summed E-state index contributed by atoms with van der Waals surface area (Å²) in [6.45, 7) is 0. The summed E-state index contributed by atoms with van der Waals surface area (Å²) in [5.41, 5.74) is 9.57. The van der Waals surface area contributed by atoms with Gasteiger partial charge in [0.25, 0.3) is 0 Å². The molecule has 5 aromatic rings. The quantitative estimate of drug-likeness (QED) is 0.0873. The lowest BCUT2D eigenvalue weighted by atomic mass is 9.78. The summed E-state index contributed by atoms with van der Waals surface area (Å²) in [5.74, 6) is -3.06. The number of fused-ring (bicyclic) bond motifs is 7. The molecule has 22 heteroatoms. The van der Waals surface area contributed by atoms with Crippen molar-refractivity contribution in [3.8, 4) is 17.2 Å². The van der Waals surface area contributed by atoms with Crippen molar-refractivity contribution in [3.63, 3.8) is 0 Å². The van der Waals surface area contributed by atoms with Crippen LogP contribution in [0.1, 0.15) is 65.6 Å². The Bertz CT molecular complexity index is 3080. The summed E-state index contributed by atoms with van der Waals surface area (Å²) >= 11 is 0. The molecule has 0 saturated heterocycles. The van der Waals surface area contributed by atoms with Gasteiger partial charge in [-0.1, -0.05) is 0 Å². The van der Waals surface area contributed by atoms with Crippen LogP contribution in [-0.4, -0.2) is 134 Å². The summed E-state index contributed by atoms with van der Waals surface area (Å²) < 4.78 is 49.3. The van der Waals surface area contributed by atoms with Crippen molar-refractivity contribution in [2.75, 3.05) is 82.1 Å². The highest BCUT2D eigenvalue weighted by Gasteiger charge is 2.51. The Morgan fingerprint density at radius 3 is 1.75 bits per heavy atom. The van der Waals surface area contributed by atoms with E-state index in [1.807, 2.05) is 0 Å². The predicted octanol–water partition coefficient (Wildman–Crippen LogP) is 4.00. The molecule has 0 fully saturated rings. The van der Waals surface area contributed by atoms with Gasteiger partial charge < -0.3 is 68.5 Å². The minimum atomic E-state index is -2.13. The van der Waals surface area contributed by atoms with Crippen LogP contribution < -0.4 is 25.3 Å². The van der Waals surface area contributed by atoms with Gasteiger partial charge in [-0.2, -0.15) is 0 Å². The van der Waals surface area contributed by atoms with E-state index in [9.17, 15) is 38.7 Å². The average Bonchev–Trinajstić information content (AvgIpc) is 4.15. The number of aromatic amines is 1. The van der Waals surface area contributed by atoms with Crippen LogP contribution in [0.25, 0.3) is 34.0 Å². The number of rotatable bonds is 10. The highest BCUT2D eigenvalue weighted by molar-refractivity contribution is 6.11. The third kappa shape index (κ3) is 9.82. The molecular formula is C49H50N4O18. The molecule has 22 nitrogen and oxygen atoms in total. The van der Waals surface area contributed by atoms with Crippen LogP contribution in [0.2, 0.25) is 0 Å². The van der Waals surface area contributed by atoms with Crippen LogP contribution in [-0.2, 0) is 70.8 Å². The van der Waals surface area contributed by atoms with E-state index in [1.165, 1.54) is 62.9 Å². The molecule has 2 unspecified atom stereocenters. The number of esters is 7. The molecule has 0 bridgehead atoms. The maximum Gasteiger partial charge on any atom is 0.356 e. The number of hydrogen-bond acceptors (Lipinski definition) is 21. The Hall–Kier alpha value is -8.66. The standard InChI is InChI=1S/C19H21NO8.C19H17NO7.C11H12N2O3/c1-25-13-7-9-5-10(16(21)26-2)6-11(9)14-15(13)20-12(17(22)27-3)8-19(14,24)18(23)28-4;1-24-14-7-9-5-10(17(21)25-2)6-11(9)15-12(18(22)26-3)8-13(19(23)27-4)20-16(14)15;1-15-10-4-6-3-9(11(14)16-2)13-8(6)5-7(10)12/h5,7,12,20,24H,6,8H2,1-4H3;5,7-8H,6H2,1-4H3;3-5,13H,12H2,1-2H3. The number of nitrogens with one attached hydrogen (secondary N) is 2. The van der Waals surface area contributed by atoms with E-state index in [1.54, 1.807) is 49.6 Å². The first-order chi connectivity index (χ1) is 33.9. The van der Waals surface area contributed by atoms with Gasteiger partial charge in [-0.25, -0.2) is 38.5 Å². The van der Waals surface area contributed by atoms with E-state index < -0.39 is 53.4 Å². The molecule has 0 amide bonds. The Kier molecular flexibility index (Phi) is 15.5. The van der Waals surface area contributed by atoms with Crippen LogP contribution in [0.15, 0.2) is 47.5 Å². The largest absolute Gasteiger partial charge is 0.495 e. The smallest absolute Gasteiger partial charge is 0.356 e. The number of aromatic nitrogens is 2. The Morgan fingerprint density at radius 2 is 1.20 bits per heavy atom. The normalized spacial score (nSPS) is 15.7. The first-order valence-electron chi connectivity index (χ1n) is 21.1. The van der Waals surface area contributed by atoms with Crippen molar-refractivity contribution in [2.24, 2.45) is 0 Å². The van der Waals surface area contributed by atoms with E-state index in [-0.39, 0.29) is 41.8 Å².